The normalized spacial score (nSPS) is 9.53. The Morgan fingerprint density at radius 1 is 1.21 bits per heavy atom. The molecule has 0 bridgehead atoms. The van der Waals surface area contributed by atoms with Crippen LogP contribution in [0.25, 0.3) is 10.4 Å². The van der Waals surface area contributed by atoms with Crippen LogP contribution in [0.2, 0.25) is 0 Å². The highest BCUT2D eigenvalue weighted by molar-refractivity contribution is 6.04. The number of nitrogens with one attached hydrogen (secondary N) is 1. The van der Waals surface area contributed by atoms with Crippen molar-refractivity contribution in [3.8, 4) is 0 Å². The van der Waals surface area contributed by atoms with Crippen LogP contribution in [-0.2, 0) is 0 Å². The summed E-state index contributed by atoms with van der Waals surface area (Å²) < 4.78 is 0. The third kappa shape index (κ3) is 3.34. The number of nitrogens with zero attached hydrogens (tertiary/aromatic N) is 3. The van der Waals surface area contributed by atoms with Crippen LogP contribution in [0.1, 0.15) is 15.9 Å². The number of rotatable bonds is 3. The highest BCUT2D eigenvalue weighted by Crippen LogP contribution is 2.18. The number of aryl methyl sites for hydroxylation is 1. The zero-order chi connectivity index (χ0) is 13.7. The standard InChI is InChI=1S/C14H12N4O/c1-10-5-7-11(8-6-10)14(19)16-12-3-2-4-13(9-12)17-18-15/h2-9H,1H3,(H,16,19). The van der Waals surface area contributed by atoms with Gasteiger partial charge in [0.05, 0.1) is 0 Å². The molecular weight excluding hydrogens is 240 g/mol. The summed E-state index contributed by atoms with van der Waals surface area (Å²) in [5.74, 6) is -0.196. The minimum absolute atomic E-state index is 0.196. The summed E-state index contributed by atoms with van der Waals surface area (Å²) in [4.78, 5) is 14.7. The maximum atomic E-state index is 12.0. The molecule has 0 aliphatic carbocycles. The van der Waals surface area contributed by atoms with Crippen molar-refractivity contribution in [2.45, 2.75) is 6.92 Å². The first-order chi connectivity index (χ1) is 9.19. The van der Waals surface area contributed by atoms with Gasteiger partial charge in [-0.3, -0.25) is 4.79 Å². The molecule has 2 aromatic carbocycles. The molecule has 19 heavy (non-hydrogen) atoms. The van der Waals surface area contributed by atoms with Crippen LogP contribution < -0.4 is 5.32 Å². The highest BCUT2D eigenvalue weighted by Gasteiger charge is 2.05. The fourth-order valence-corrected chi connectivity index (χ4v) is 1.61. The summed E-state index contributed by atoms with van der Waals surface area (Å²) >= 11 is 0. The van der Waals surface area contributed by atoms with Gasteiger partial charge >= 0.3 is 0 Å². The smallest absolute Gasteiger partial charge is 0.255 e. The summed E-state index contributed by atoms with van der Waals surface area (Å²) in [5.41, 5.74) is 11.1. The van der Waals surface area contributed by atoms with E-state index in [1.807, 2.05) is 19.1 Å². The molecule has 0 radical (unpaired) electrons. The fourth-order valence-electron chi connectivity index (χ4n) is 1.61. The molecule has 0 aliphatic rings. The summed E-state index contributed by atoms with van der Waals surface area (Å²) in [7, 11) is 0. The molecule has 0 spiro atoms. The molecule has 1 amide bonds. The summed E-state index contributed by atoms with van der Waals surface area (Å²) in [6.07, 6.45) is 0. The minimum atomic E-state index is -0.196. The molecule has 2 rings (SSSR count). The number of benzene rings is 2. The van der Waals surface area contributed by atoms with Crippen molar-refractivity contribution in [2.24, 2.45) is 5.11 Å². The molecule has 94 valence electrons. The van der Waals surface area contributed by atoms with E-state index >= 15 is 0 Å². The summed E-state index contributed by atoms with van der Waals surface area (Å²) in [6.45, 7) is 1.96. The molecule has 0 saturated heterocycles. The predicted octanol–water partition coefficient (Wildman–Crippen LogP) is 4.19. The molecule has 0 fully saturated rings. The van der Waals surface area contributed by atoms with Crippen molar-refractivity contribution >= 4 is 17.3 Å². The van der Waals surface area contributed by atoms with E-state index in [2.05, 4.69) is 15.3 Å². The molecule has 0 heterocycles. The zero-order valence-electron chi connectivity index (χ0n) is 10.4. The van der Waals surface area contributed by atoms with E-state index in [0.29, 0.717) is 16.9 Å². The summed E-state index contributed by atoms with van der Waals surface area (Å²) in [6, 6.07) is 14.0. The van der Waals surface area contributed by atoms with Gasteiger partial charge in [0.1, 0.15) is 0 Å². The van der Waals surface area contributed by atoms with E-state index in [4.69, 9.17) is 5.53 Å². The molecule has 0 atom stereocenters. The van der Waals surface area contributed by atoms with Gasteiger partial charge in [0.25, 0.3) is 5.91 Å². The largest absolute Gasteiger partial charge is 0.322 e. The second-order valence-corrected chi connectivity index (χ2v) is 4.06. The maximum Gasteiger partial charge on any atom is 0.255 e. The predicted molar refractivity (Wildman–Crippen MR) is 74.4 cm³/mol. The number of hydrogen-bond acceptors (Lipinski definition) is 2. The molecule has 5 nitrogen and oxygen atoms in total. The van der Waals surface area contributed by atoms with Crippen LogP contribution in [0.15, 0.2) is 53.6 Å². The van der Waals surface area contributed by atoms with Crippen LogP contribution >= 0.6 is 0 Å². The van der Waals surface area contributed by atoms with Crippen molar-refractivity contribution < 1.29 is 4.79 Å². The monoisotopic (exact) mass is 252 g/mol. The van der Waals surface area contributed by atoms with Gasteiger partial charge < -0.3 is 5.32 Å². The van der Waals surface area contributed by atoms with Crippen molar-refractivity contribution in [3.05, 3.63) is 70.1 Å². The van der Waals surface area contributed by atoms with E-state index in [0.717, 1.165) is 5.56 Å². The Morgan fingerprint density at radius 3 is 2.63 bits per heavy atom. The van der Waals surface area contributed by atoms with Gasteiger partial charge in [0.2, 0.25) is 0 Å². The van der Waals surface area contributed by atoms with E-state index in [-0.39, 0.29) is 5.91 Å². The Kier molecular flexibility index (Phi) is 3.81. The number of carbonyl (C=O) groups excluding carboxylic acids is 1. The van der Waals surface area contributed by atoms with Gasteiger partial charge in [0.15, 0.2) is 0 Å². The van der Waals surface area contributed by atoms with E-state index < -0.39 is 0 Å². The van der Waals surface area contributed by atoms with Gasteiger partial charge in [-0.05, 0) is 36.7 Å². The van der Waals surface area contributed by atoms with Gasteiger partial charge in [-0.1, -0.05) is 34.9 Å². The van der Waals surface area contributed by atoms with Crippen LogP contribution in [0.5, 0.6) is 0 Å². The van der Waals surface area contributed by atoms with E-state index in [9.17, 15) is 4.79 Å². The molecule has 5 heteroatoms. The molecule has 0 aromatic heterocycles. The molecule has 2 aromatic rings. The van der Waals surface area contributed by atoms with Crippen molar-refractivity contribution in [2.75, 3.05) is 5.32 Å². The lowest BCUT2D eigenvalue weighted by Gasteiger charge is -2.06. The zero-order valence-corrected chi connectivity index (χ0v) is 10.4. The van der Waals surface area contributed by atoms with Crippen molar-refractivity contribution in [1.82, 2.24) is 0 Å². The Balaban J connectivity index is 2.16. The highest BCUT2D eigenvalue weighted by atomic mass is 16.1. The third-order valence-electron chi connectivity index (χ3n) is 2.58. The molecular formula is C14H12N4O. The molecule has 0 unspecified atom stereocenters. The first kappa shape index (κ1) is 12.7. The van der Waals surface area contributed by atoms with E-state index in [1.165, 1.54) is 0 Å². The van der Waals surface area contributed by atoms with Crippen molar-refractivity contribution in [3.63, 3.8) is 0 Å². The second kappa shape index (κ2) is 5.71. The lowest BCUT2D eigenvalue weighted by Crippen LogP contribution is -2.11. The quantitative estimate of drug-likeness (QED) is 0.496. The Labute approximate surface area is 110 Å². The van der Waals surface area contributed by atoms with Gasteiger partial charge in [-0.25, -0.2) is 0 Å². The Morgan fingerprint density at radius 2 is 1.95 bits per heavy atom. The van der Waals surface area contributed by atoms with Crippen LogP contribution in [0.4, 0.5) is 11.4 Å². The average Bonchev–Trinajstić information content (AvgIpc) is 2.40. The van der Waals surface area contributed by atoms with Gasteiger partial charge in [-0.15, -0.1) is 0 Å². The first-order valence-electron chi connectivity index (χ1n) is 5.72. The number of hydrogen-bond donors (Lipinski definition) is 1. The topological polar surface area (TPSA) is 77.9 Å². The molecule has 0 saturated carbocycles. The fraction of sp³-hybridized carbons (Fsp3) is 0.0714. The Hall–Kier alpha value is -2.78. The number of azide groups is 1. The Bertz CT molecular complexity index is 643. The number of carbonyl (C=O) groups is 1. The summed E-state index contributed by atoms with van der Waals surface area (Å²) in [5, 5.41) is 6.24. The van der Waals surface area contributed by atoms with Crippen LogP contribution in [0, 0.1) is 6.92 Å². The lowest BCUT2D eigenvalue weighted by atomic mass is 10.1. The van der Waals surface area contributed by atoms with E-state index in [1.54, 1.807) is 36.4 Å². The van der Waals surface area contributed by atoms with Crippen LogP contribution in [-0.4, -0.2) is 5.91 Å². The second-order valence-electron chi connectivity index (χ2n) is 4.06. The minimum Gasteiger partial charge on any atom is -0.322 e. The first-order valence-corrected chi connectivity index (χ1v) is 5.72. The third-order valence-corrected chi connectivity index (χ3v) is 2.58. The molecule has 0 aliphatic heterocycles. The van der Waals surface area contributed by atoms with Crippen molar-refractivity contribution in [1.29, 1.82) is 0 Å². The number of anilines is 1. The molecule has 1 N–H and O–H groups in total. The SMILES string of the molecule is Cc1ccc(C(=O)Nc2cccc(N=[N+]=[N-])c2)cc1. The number of amides is 1. The van der Waals surface area contributed by atoms with Crippen LogP contribution in [0.3, 0.4) is 0 Å². The van der Waals surface area contributed by atoms with Gasteiger partial charge in [-0.2, -0.15) is 0 Å². The lowest BCUT2D eigenvalue weighted by molar-refractivity contribution is 0.102. The average molecular weight is 252 g/mol. The van der Waals surface area contributed by atoms with Gasteiger partial charge in [0, 0.05) is 21.8 Å². The maximum absolute atomic E-state index is 12.0.